The van der Waals surface area contributed by atoms with E-state index >= 15 is 4.39 Å². The van der Waals surface area contributed by atoms with E-state index in [2.05, 4.69) is 15.3 Å². The highest BCUT2D eigenvalue weighted by atomic mass is 32.2. The molecule has 1 saturated carbocycles. The number of anilines is 3. The number of thiazole rings is 1. The number of sulfone groups is 1. The summed E-state index contributed by atoms with van der Waals surface area (Å²) in [5.41, 5.74) is -0.624. The number of fused-ring (bicyclic) bond motifs is 2. The van der Waals surface area contributed by atoms with Crippen LogP contribution in [0.25, 0.3) is 21.8 Å². The molecule has 2 bridgehead atoms. The minimum atomic E-state index is -4.93. The van der Waals surface area contributed by atoms with Gasteiger partial charge in [-0.3, -0.25) is 9.62 Å². The Balaban J connectivity index is 1.14. The van der Waals surface area contributed by atoms with Crippen LogP contribution in [0.4, 0.5) is 43.1 Å². The van der Waals surface area contributed by atoms with Gasteiger partial charge in [0.15, 0.2) is 25.7 Å². The molecule has 3 saturated heterocycles. The number of nitrogens with one attached hydrogen (secondary N) is 2. The molecule has 5 heterocycles. The maximum absolute atomic E-state index is 16.4. The van der Waals surface area contributed by atoms with Gasteiger partial charge >= 0.3 is 6.18 Å². The van der Waals surface area contributed by atoms with Crippen LogP contribution in [0.1, 0.15) is 25.7 Å². The second-order valence-electron chi connectivity index (χ2n) is 14.1. The maximum atomic E-state index is 16.4. The van der Waals surface area contributed by atoms with E-state index in [1.54, 1.807) is 6.07 Å². The van der Waals surface area contributed by atoms with Crippen LogP contribution in [0, 0.1) is 22.9 Å². The summed E-state index contributed by atoms with van der Waals surface area (Å²) in [4.78, 5) is 16.2. The minimum absolute atomic E-state index is 0.0599. The summed E-state index contributed by atoms with van der Waals surface area (Å²) < 4.78 is 137. The van der Waals surface area contributed by atoms with Crippen LogP contribution < -0.4 is 14.9 Å². The summed E-state index contributed by atoms with van der Waals surface area (Å²) in [6.07, 6.45) is -0.382. The molecule has 0 amide bonds. The Hall–Kier alpha value is -4.01. The monoisotopic (exact) mass is 799 g/mol. The first kappa shape index (κ1) is 36.0. The van der Waals surface area contributed by atoms with Crippen molar-refractivity contribution in [3.63, 3.8) is 0 Å². The molecule has 1 aliphatic carbocycles. The van der Waals surface area contributed by atoms with Crippen LogP contribution in [-0.2, 0) is 19.9 Å². The number of likely N-dealkylation sites (tertiary alicyclic amines) is 1. The van der Waals surface area contributed by atoms with E-state index in [0.717, 1.165) is 35.6 Å². The number of hydrogen-bond donors (Lipinski definition) is 2. The predicted molar refractivity (Wildman–Crippen MR) is 185 cm³/mol. The quantitative estimate of drug-likeness (QED) is 0.203. The normalized spacial score (nSPS) is 22.4. The number of alkyl halides is 3. The fourth-order valence-corrected chi connectivity index (χ4v) is 12.8. The van der Waals surface area contributed by atoms with Gasteiger partial charge in [-0.1, -0.05) is 23.5 Å². The van der Waals surface area contributed by atoms with Crippen LogP contribution >= 0.6 is 11.3 Å². The number of hydrogen-bond acceptors (Lipinski definition) is 11. The van der Waals surface area contributed by atoms with E-state index in [-0.39, 0.29) is 65.3 Å². The smallest absolute Gasteiger partial charge is 0.351 e. The second kappa shape index (κ2) is 12.8. The third kappa shape index (κ3) is 6.93. The molecule has 2 aromatic heterocycles. The fourth-order valence-electron chi connectivity index (χ4n) is 8.14. The first-order chi connectivity index (χ1) is 25.0. The van der Waals surface area contributed by atoms with Crippen molar-refractivity contribution in [2.75, 3.05) is 46.1 Å². The van der Waals surface area contributed by atoms with Crippen molar-refractivity contribution in [2.45, 2.75) is 54.9 Å². The minimum Gasteiger partial charge on any atom is -0.351 e. The molecule has 2 atom stereocenters. The number of sulfonamides is 1. The maximum Gasteiger partial charge on any atom is 0.401 e. The van der Waals surface area contributed by atoms with Gasteiger partial charge < -0.3 is 10.2 Å². The average Bonchev–Trinajstić information content (AvgIpc) is 3.57. The summed E-state index contributed by atoms with van der Waals surface area (Å²) in [6.45, 7) is -0.754. The first-order valence-corrected chi connectivity index (χ1v) is 20.7. The number of aromatic nitrogens is 3. The lowest BCUT2D eigenvalue weighted by Crippen LogP contribution is -2.60. The molecule has 0 radical (unpaired) electrons. The zero-order chi connectivity index (χ0) is 37.5. The Kier molecular flexibility index (Phi) is 8.69. The SMILES string of the molecule is O=S1(=O)CC2(CC(Nc3nccc(-c4sc(N5C6CCC5CN(CC(F)(F)F)C6)nc4-c4cccc(NS(=O)(=O)c5c(F)cccc5F)c4F)n3)C2)C1. The molecule has 1 spiro atoms. The highest BCUT2D eigenvalue weighted by molar-refractivity contribution is 7.93. The van der Waals surface area contributed by atoms with Gasteiger partial charge in [0.2, 0.25) is 5.95 Å². The molecule has 20 heteroatoms. The molecule has 8 rings (SSSR count). The van der Waals surface area contributed by atoms with Crippen molar-refractivity contribution < 1.29 is 43.2 Å². The van der Waals surface area contributed by atoms with Gasteiger partial charge in [0, 0.05) is 48.4 Å². The van der Waals surface area contributed by atoms with Crippen LogP contribution in [0.5, 0.6) is 0 Å². The fraction of sp³-hybridized carbons (Fsp3) is 0.424. The Morgan fingerprint density at radius 1 is 0.943 bits per heavy atom. The lowest BCUT2D eigenvalue weighted by Gasteiger charge is -2.53. The van der Waals surface area contributed by atoms with Crippen molar-refractivity contribution in [1.82, 2.24) is 19.9 Å². The van der Waals surface area contributed by atoms with Crippen molar-refractivity contribution >= 4 is 48.0 Å². The van der Waals surface area contributed by atoms with Crippen LogP contribution in [0.2, 0.25) is 0 Å². The average molecular weight is 800 g/mol. The Morgan fingerprint density at radius 2 is 1.60 bits per heavy atom. The molecule has 4 aromatic rings. The van der Waals surface area contributed by atoms with Gasteiger partial charge in [0.05, 0.1) is 40.0 Å². The Labute approximate surface area is 304 Å². The number of rotatable bonds is 9. The summed E-state index contributed by atoms with van der Waals surface area (Å²) in [5, 5.41) is 3.64. The number of piperazine rings is 1. The third-order valence-corrected chi connectivity index (χ3v) is 14.7. The van der Waals surface area contributed by atoms with E-state index in [9.17, 15) is 38.8 Å². The summed E-state index contributed by atoms with van der Waals surface area (Å²) in [6, 6.07) is 7.21. The molecule has 53 heavy (non-hydrogen) atoms. The highest BCUT2D eigenvalue weighted by Gasteiger charge is 2.56. The summed E-state index contributed by atoms with van der Waals surface area (Å²) in [5.74, 6) is -3.29. The standard InChI is InChI=1S/C33H31F6N7O4S3/c34-22-4-2-5-23(35)29(22)53(49,50)44-24-6-1-3-21(26(24)36)27-28(25-9-10-40-30(42-25)41-18-11-32(12-18)16-52(47,48)17-32)51-31(43-27)46-19-7-8-20(46)14-45(13-19)15-33(37,38)39/h1-6,9-10,18-20,44H,7-8,11-17H2,(H,40,41,42). The topological polar surface area (TPSA) is 137 Å². The van der Waals surface area contributed by atoms with Crippen molar-refractivity contribution in [2.24, 2.45) is 5.41 Å². The number of benzene rings is 2. The van der Waals surface area contributed by atoms with Gasteiger partial charge in [-0.05, 0) is 56.0 Å². The van der Waals surface area contributed by atoms with Gasteiger partial charge in [0.25, 0.3) is 10.0 Å². The molecular formula is C33H31F6N7O4S3. The Morgan fingerprint density at radius 3 is 2.25 bits per heavy atom. The number of halogens is 6. The van der Waals surface area contributed by atoms with Crippen molar-refractivity contribution in [3.8, 4) is 21.8 Å². The summed E-state index contributed by atoms with van der Waals surface area (Å²) >= 11 is 1.15. The lowest BCUT2D eigenvalue weighted by atomic mass is 9.67. The molecule has 2 N–H and O–H groups in total. The van der Waals surface area contributed by atoms with Crippen LogP contribution in [-0.4, -0.2) is 92.1 Å². The lowest BCUT2D eigenvalue weighted by molar-refractivity contribution is -0.147. The zero-order valence-corrected chi connectivity index (χ0v) is 30.0. The molecular weight excluding hydrogens is 769 g/mol. The molecule has 4 fully saturated rings. The van der Waals surface area contributed by atoms with E-state index in [1.165, 1.54) is 23.2 Å². The largest absolute Gasteiger partial charge is 0.401 e. The number of nitrogens with zero attached hydrogens (tertiary/aromatic N) is 5. The van der Waals surface area contributed by atoms with E-state index < -0.39 is 60.6 Å². The van der Waals surface area contributed by atoms with E-state index in [1.807, 2.05) is 9.62 Å². The van der Waals surface area contributed by atoms with Crippen molar-refractivity contribution in [1.29, 1.82) is 0 Å². The summed E-state index contributed by atoms with van der Waals surface area (Å²) in [7, 11) is -7.93. The highest BCUT2D eigenvalue weighted by Crippen LogP contribution is 2.51. The molecule has 282 valence electrons. The van der Waals surface area contributed by atoms with Crippen molar-refractivity contribution in [3.05, 3.63) is 66.1 Å². The van der Waals surface area contributed by atoms with E-state index in [4.69, 9.17) is 4.98 Å². The molecule has 2 aromatic carbocycles. The van der Waals surface area contributed by atoms with E-state index in [0.29, 0.717) is 41.4 Å². The molecule has 4 aliphatic rings. The first-order valence-electron chi connectivity index (χ1n) is 16.6. The van der Waals surface area contributed by atoms with Crippen LogP contribution in [0.15, 0.2) is 53.6 Å². The molecule has 2 unspecified atom stereocenters. The van der Waals surface area contributed by atoms with Crippen LogP contribution in [0.3, 0.4) is 0 Å². The third-order valence-electron chi connectivity index (χ3n) is 10.1. The predicted octanol–water partition coefficient (Wildman–Crippen LogP) is 5.69. The zero-order valence-electron chi connectivity index (χ0n) is 27.6. The molecule has 3 aliphatic heterocycles. The van der Waals surface area contributed by atoms with Gasteiger partial charge in [0.1, 0.15) is 11.6 Å². The van der Waals surface area contributed by atoms with Gasteiger partial charge in [-0.25, -0.2) is 45.0 Å². The van der Waals surface area contributed by atoms with Gasteiger partial charge in [-0.2, -0.15) is 13.2 Å². The molecule has 11 nitrogen and oxygen atoms in total. The second-order valence-corrected chi connectivity index (χ2v) is 18.8. The van der Waals surface area contributed by atoms with Gasteiger partial charge in [-0.15, -0.1) is 0 Å². The Bertz CT molecular complexity index is 2270.